The lowest BCUT2D eigenvalue weighted by Gasteiger charge is -1.68. The maximum atomic E-state index is 6.49. The van der Waals surface area contributed by atoms with Crippen LogP contribution in [0.15, 0.2) is 11.5 Å². The minimum atomic E-state index is 1.29. The van der Waals surface area contributed by atoms with Gasteiger partial charge in [-0.15, -0.1) is 0 Å². The Balaban J connectivity index is 2.85. The maximum absolute atomic E-state index is 6.49. The third-order valence-corrected chi connectivity index (χ3v) is 0.848. The van der Waals surface area contributed by atoms with Gasteiger partial charge in [0.2, 0.25) is 0 Å². The summed E-state index contributed by atoms with van der Waals surface area (Å²) < 4.78 is 0. The van der Waals surface area contributed by atoms with E-state index in [-0.39, 0.29) is 0 Å². The van der Waals surface area contributed by atoms with Gasteiger partial charge in [0.25, 0.3) is 0 Å². The molecule has 0 bridgehead atoms. The zero-order valence-corrected chi connectivity index (χ0v) is 4.46. The van der Waals surface area contributed by atoms with Crippen molar-refractivity contribution in [1.29, 1.82) is 5.41 Å². The summed E-state index contributed by atoms with van der Waals surface area (Å²) in [5.74, 6) is 0. The van der Waals surface area contributed by atoms with E-state index in [4.69, 9.17) is 5.41 Å². The van der Waals surface area contributed by atoms with Gasteiger partial charge in [0, 0.05) is 0 Å². The summed E-state index contributed by atoms with van der Waals surface area (Å²) in [6.45, 7) is 1.93. The Morgan fingerprint density at radius 2 is 2.33 bits per heavy atom. The molecule has 34 valence electrons. The smallest absolute Gasteiger partial charge is 0.0548 e. The first-order valence-corrected chi connectivity index (χ1v) is 2.61. The predicted octanol–water partition coefficient (Wildman–Crippen LogP) is 1.86. The van der Waals surface area contributed by atoms with E-state index in [1.165, 1.54) is 17.3 Å². The van der Waals surface area contributed by atoms with Gasteiger partial charge in [0.15, 0.2) is 0 Å². The van der Waals surface area contributed by atoms with Crippen LogP contribution in [0.5, 0.6) is 0 Å². The highest BCUT2D eigenvalue weighted by Crippen LogP contribution is 1.92. The molecule has 0 aliphatic rings. The van der Waals surface area contributed by atoms with Crippen LogP contribution in [0.25, 0.3) is 0 Å². The van der Waals surface area contributed by atoms with Gasteiger partial charge in [-0.05, 0) is 12.3 Å². The second-order valence-electron chi connectivity index (χ2n) is 0.723. The normalized spacial score (nSPS) is 9.50. The Morgan fingerprint density at radius 3 is 2.50 bits per heavy atom. The van der Waals surface area contributed by atoms with Crippen molar-refractivity contribution >= 4 is 17.3 Å². The number of allylic oxidation sites excluding steroid dienone is 1. The van der Waals surface area contributed by atoms with Crippen molar-refractivity contribution in [3.8, 4) is 0 Å². The Labute approximate surface area is 42.0 Å². The maximum Gasteiger partial charge on any atom is 0.0548 e. The molecule has 0 heterocycles. The fourth-order valence-electron chi connectivity index (χ4n) is 0.118. The van der Waals surface area contributed by atoms with Gasteiger partial charge in [-0.2, -0.15) is 0 Å². The molecule has 1 nitrogen and oxygen atoms in total. The minimum absolute atomic E-state index is 1.29. The van der Waals surface area contributed by atoms with Gasteiger partial charge in [-0.3, -0.25) is 0 Å². The molecule has 0 fully saturated rings. The highest BCUT2D eigenvalue weighted by Gasteiger charge is 1.59. The van der Waals surface area contributed by atoms with Gasteiger partial charge in [-0.1, -0.05) is 17.8 Å². The summed E-state index contributed by atoms with van der Waals surface area (Å²) in [5, 5.41) is 8.35. The molecule has 6 heavy (non-hydrogen) atoms. The largest absolute Gasteiger partial charge is 0.302 e. The zero-order valence-electron chi connectivity index (χ0n) is 3.64. The molecule has 0 aromatic carbocycles. The van der Waals surface area contributed by atoms with Gasteiger partial charge < -0.3 is 5.41 Å². The lowest BCUT2D eigenvalue weighted by atomic mass is 10.8. The third-order valence-electron chi connectivity index (χ3n) is 0.283. The molecule has 0 unspecified atom stereocenters. The van der Waals surface area contributed by atoms with E-state index < -0.39 is 0 Å². The van der Waals surface area contributed by atoms with E-state index in [2.05, 4.69) is 0 Å². The highest BCUT2D eigenvalue weighted by molar-refractivity contribution is 8.14. The molecule has 0 spiro atoms. The molecule has 0 atom stereocenters. The predicted molar refractivity (Wildman–Crippen MR) is 31.2 cm³/mol. The summed E-state index contributed by atoms with van der Waals surface area (Å²) in [4.78, 5) is 0. The molecule has 1 N–H and O–H groups in total. The fraction of sp³-hybridized carbons (Fsp3) is 0.250. The van der Waals surface area contributed by atoms with Gasteiger partial charge >= 0.3 is 0 Å². The second kappa shape index (κ2) is 4.76. The lowest BCUT2D eigenvalue weighted by molar-refractivity contribution is 1.60. The van der Waals surface area contributed by atoms with Crippen molar-refractivity contribution in [2.24, 2.45) is 0 Å². The molecule has 0 aliphatic heterocycles. The van der Waals surface area contributed by atoms with E-state index in [9.17, 15) is 0 Å². The standard InChI is InChI=1S/C4H7NS/c1-2-3-6-4-5/h2-5H,1H3. The van der Waals surface area contributed by atoms with Crippen molar-refractivity contribution in [3.63, 3.8) is 0 Å². The average Bonchev–Trinajstić information content (AvgIpc) is 1.61. The summed E-state index contributed by atoms with van der Waals surface area (Å²) in [6.07, 6.45) is 1.90. The SMILES string of the molecule is CC=CSC=N. The van der Waals surface area contributed by atoms with E-state index in [0.717, 1.165) is 0 Å². The first-order chi connectivity index (χ1) is 2.91. The zero-order chi connectivity index (χ0) is 4.83. The first-order valence-electron chi connectivity index (χ1n) is 1.67. The van der Waals surface area contributed by atoms with Gasteiger partial charge in [0.05, 0.1) is 5.55 Å². The Kier molecular flexibility index (Phi) is 4.57. The van der Waals surface area contributed by atoms with Crippen molar-refractivity contribution < 1.29 is 0 Å². The monoisotopic (exact) mass is 101 g/mol. The molecule has 0 saturated carbocycles. The molecule has 0 aromatic rings. The van der Waals surface area contributed by atoms with Crippen LogP contribution in [-0.2, 0) is 0 Å². The Hall–Kier alpha value is -0.240. The molecule has 0 rings (SSSR count). The highest BCUT2D eigenvalue weighted by atomic mass is 32.2. The molecule has 0 saturated heterocycles. The third kappa shape index (κ3) is 3.76. The van der Waals surface area contributed by atoms with Crippen LogP contribution >= 0.6 is 11.8 Å². The molecule has 0 aromatic heterocycles. The number of rotatable bonds is 2. The van der Waals surface area contributed by atoms with Crippen LogP contribution in [0.1, 0.15) is 6.92 Å². The van der Waals surface area contributed by atoms with Crippen LogP contribution in [0.3, 0.4) is 0 Å². The van der Waals surface area contributed by atoms with Crippen LogP contribution < -0.4 is 0 Å². The van der Waals surface area contributed by atoms with Crippen LogP contribution in [0.2, 0.25) is 0 Å². The average molecular weight is 101 g/mol. The van der Waals surface area contributed by atoms with E-state index in [0.29, 0.717) is 0 Å². The van der Waals surface area contributed by atoms with Crippen molar-refractivity contribution in [2.75, 3.05) is 0 Å². The Bertz CT molecular complexity index is 58.6. The number of nitrogens with one attached hydrogen (secondary N) is 1. The van der Waals surface area contributed by atoms with E-state index in [1.807, 2.05) is 18.4 Å². The fourth-order valence-corrected chi connectivity index (χ4v) is 0.354. The number of thioether (sulfide) groups is 1. The molecule has 0 amide bonds. The summed E-state index contributed by atoms with van der Waals surface area (Å²) in [6, 6.07) is 0. The van der Waals surface area contributed by atoms with Crippen molar-refractivity contribution in [1.82, 2.24) is 0 Å². The molecule has 2 heteroatoms. The summed E-state index contributed by atoms with van der Waals surface area (Å²) >= 11 is 1.37. The molecular weight excluding hydrogens is 94.1 g/mol. The minimum Gasteiger partial charge on any atom is -0.302 e. The molecular formula is C4H7NS. The quantitative estimate of drug-likeness (QED) is 0.416. The van der Waals surface area contributed by atoms with Gasteiger partial charge in [0.1, 0.15) is 0 Å². The summed E-state index contributed by atoms with van der Waals surface area (Å²) in [5.41, 5.74) is 1.29. The van der Waals surface area contributed by atoms with Crippen molar-refractivity contribution in [2.45, 2.75) is 6.92 Å². The van der Waals surface area contributed by atoms with Crippen LogP contribution in [-0.4, -0.2) is 5.55 Å². The first kappa shape index (κ1) is 5.76. The molecule has 0 aliphatic carbocycles. The molecule has 0 radical (unpaired) electrons. The second-order valence-corrected chi connectivity index (χ2v) is 1.50. The lowest BCUT2D eigenvalue weighted by Crippen LogP contribution is -1.45. The van der Waals surface area contributed by atoms with E-state index in [1.54, 1.807) is 0 Å². The Morgan fingerprint density at radius 1 is 1.67 bits per heavy atom. The number of hydrogen-bond acceptors (Lipinski definition) is 2. The van der Waals surface area contributed by atoms with Crippen LogP contribution in [0.4, 0.5) is 0 Å². The summed E-state index contributed by atoms with van der Waals surface area (Å²) in [7, 11) is 0. The van der Waals surface area contributed by atoms with Crippen molar-refractivity contribution in [3.05, 3.63) is 11.5 Å². The van der Waals surface area contributed by atoms with Gasteiger partial charge in [-0.25, -0.2) is 0 Å². The van der Waals surface area contributed by atoms with E-state index >= 15 is 0 Å². The van der Waals surface area contributed by atoms with Crippen LogP contribution in [0, 0.1) is 5.41 Å². The number of hydrogen-bond donors (Lipinski definition) is 1. The topological polar surface area (TPSA) is 23.9 Å².